The Bertz CT molecular complexity index is 949. The minimum absolute atomic E-state index is 0.147. The Morgan fingerprint density at radius 1 is 0.800 bits per heavy atom. The number of hydrogen-bond donors (Lipinski definition) is 2. The van der Waals surface area contributed by atoms with Gasteiger partial charge in [0.05, 0.1) is 17.0 Å². The van der Waals surface area contributed by atoms with Crippen LogP contribution in [0.15, 0.2) is 84.9 Å². The molecule has 122 valence electrons. The molecule has 4 nitrogen and oxygen atoms in total. The van der Waals surface area contributed by atoms with Gasteiger partial charge >= 0.3 is 0 Å². The number of hydrazine groups is 1. The van der Waals surface area contributed by atoms with Gasteiger partial charge in [-0.25, -0.2) is 5.84 Å². The Labute approximate surface area is 146 Å². The van der Waals surface area contributed by atoms with Crippen LogP contribution in [0.25, 0.3) is 11.3 Å². The van der Waals surface area contributed by atoms with Crippen molar-refractivity contribution in [1.29, 1.82) is 0 Å². The highest BCUT2D eigenvalue weighted by Gasteiger charge is 2.30. The van der Waals surface area contributed by atoms with Crippen molar-refractivity contribution in [3.63, 3.8) is 0 Å². The molecular weight excluding hydrogens is 310 g/mol. The molecule has 1 aliphatic heterocycles. The minimum atomic E-state index is -0.147. The molecule has 1 aliphatic rings. The maximum absolute atomic E-state index is 12.7. The first kappa shape index (κ1) is 15.2. The van der Waals surface area contributed by atoms with E-state index in [0.717, 1.165) is 22.5 Å². The summed E-state index contributed by atoms with van der Waals surface area (Å²) in [6, 6.07) is 27.0. The Morgan fingerprint density at radius 2 is 1.40 bits per heavy atom. The second-order valence-corrected chi connectivity index (χ2v) is 5.79. The van der Waals surface area contributed by atoms with Crippen LogP contribution in [0.3, 0.4) is 0 Å². The van der Waals surface area contributed by atoms with Gasteiger partial charge in [-0.1, -0.05) is 66.7 Å². The summed E-state index contributed by atoms with van der Waals surface area (Å²) in [5, 5.41) is 4.50. The number of hydrogen-bond acceptors (Lipinski definition) is 3. The molecule has 4 rings (SSSR count). The number of anilines is 2. The van der Waals surface area contributed by atoms with Crippen molar-refractivity contribution in [1.82, 2.24) is 0 Å². The summed E-state index contributed by atoms with van der Waals surface area (Å²) in [7, 11) is 0. The lowest BCUT2D eigenvalue weighted by atomic mass is 9.99. The van der Waals surface area contributed by atoms with E-state index in [-0.39, 0.29) is 5.91 Å². The summed E-state index contributed by atoms with van der Waals surface area (Å²) < 4.78 is 0. The smallest absolute Gasteiger partial charge is 0.258 e. The van der Waals surface area contributed by atoms with Crippen LogP contribution in [0.4, 0.5) is 11.4 Å². The summed E-state index contributed by atoms with van der Waals surface area (Å²) in [5.41, 5.74) is 4.61. The molecule has 0 aromatic heterocycles. The molecule has 0 bridgehead atoms. The van der Waals surface area contributed by atoms with Crippen molar-refractivity contribution in [2.75, 3.05) is 10.3 Å². The Kier molecular flexibility index (Phi) is 3.80. The highest BCUT2D eigenvalue weighted by atomic mass is 16.2. The van der Waals surface area contributed by atoms with Gasteiger partial charge in [-0.05, 0) is 18.2 Å². The summed E-state index contributed by atoms with van der Waals surface area (Å²) in [6.45, 7) is 0. The van der Waals surface area contributed by atoms with Gasteiger partial charge in [0, 0.05) is 16.8 Å². The Hall–Kier alpha value is -3.37. The zero-order chi connectivity index (χ0) is 17.2. The van der Waals surface area contributed by atoms with Gasteiger partial charge in [0.25, 0.3) is 5.91 Å². The van der Waals surface area contributed by atoms with Crippen LogP contribution in [0, 0.1) is 0 Å². The van der Waals surface area contributed by atoms with Gasteiger partial charge in [-0.3, -0.25) is 9.80 Å². The van der Waals surface area contributed by atoms with E-state index in [1.54, 1.807) is 5.01 Å². The fraction of sp³-hybridized carbons (Fsp3) is 0. The average Bonchev–Trinajstić information content (AvgIpc) is 3.00. The Balaban J connectivity index is 1.97. The second-order valence-electron chi connectivity index (χ2n) is 5.79. The van der Waals surface area contributed by atoms with E-state index in [4.69, 9.17) is 5.84 Å². The largest absolute Gasteiger partial charge is 0.321 e. The van der Waals surface area contributed by atoms with E-state index >= 15 is 0 Å². The van der Waals surface area contributed by atoms with Crippen molar-refractivity contribution in [3.8, 4) is 0 Å². The molecule has 4 heteroatoms. The molecule has 1 heterocycles. The summed E-state index contributed by atoms with van der Waals surface area (Å²) >= 11 is 0. The number of benzene rings is 3. The lowest BCUT2D eigenvalue weighted by Gasteiger charge is -2.24. The van der Waals surface area contributed by atoms with Crippen LogP contribution in [0.1, 0.15) is 11.1 Å². The predicted molar refractivity (Wildman–Crippen MR) is 101 cm³/mol. The third kappa shape index (κ3) is 2.69. The average molecular weight is 327 g/mol. The van der Waals surface area contributed by atoms with Crippen LogP contribution in [0.5, 0.6) is 0 Å². The molecule has 0 atom stereocenters. The fourth-order valence-corrected chi connectivity index (χ4v) is 3.07. The topological polar surface area (TPSA) is 58.4 Å². The van der Waals surface area contributed by atoms with E-state index in [2.05, 4.69) is 5.32 Å². The molecule has 3 aromatic carbocycles. The molecule has 3 aromatic rings. The van der Waals surface area contributed by atoms with Crippen LogP contribution in [0.2, 0.25) is 0 Å². The lowest BCUT2D eigenvalue weighted by molar-refractivity contribution is -0.110. The molecule has 3 N–H and O–H groups in total. The van der Waals surface area contributed by atoms with Gasteiger partial charge in [0.2, 0.25) is 0 Å². The molecule has 0 aliphatic carbocycles. The van der Waals surface area contributed by atoms with Gasteiger partial charge < -0.3 is 5.32 Å². The SMILES string of the molecule is NN(/C(=C1\C(=O)Nc2ccccc21)c1ccccc1)c1ccccc1. The molecule has 0 spiro atoms. The van der Waals surface area contributed by atoms with E-state index in [0.29, 0.717) is 11.3 Å². The Morgan fingerprint density at radius 3 is 2.12 bits per heavy atom. The van der Waals surface area contributed by atoms with Crippen LogP contribution >= 0.6 is 0 Å². The number of nitrogens with two attached hydrogens (primary N) is 1. The standard InChI is InChI=1S/C21H17N3O/c22-24(16-11-5-2-6-12-16)20(15-9-3-1-4-10-15)19-17-13-7-8-14-18(17)23-21(19)25/h1-14H,22H2,(H,23,25)/b20-19-. The van der Waals surface area contributed by atoms with E-state index in [9.17, 15) is 4.79 Å². The minimum Gasteiger partial charge on any atom is -0.321 e. The number of nitrogens with zero attached hydrogens (tertiary/aromatic N) is 1. The van der Waals surface area contributed by atoms with Crippen molar-refractivity contribution in [3.05, 3.63) is 96.1 Å². The number of fused-ring (bicyclic) bond motifs is 1. The van der Waals surface area contributed by atoms with Crippen LogP contribution in [-0.4, -0.2) is 5.91 Å². The first-order valence-corrected chi connectivity index (χ1v) is 8.06. The summed E-state index contributed by atoms with van der Waals surface area (Å²) in [6.07, 6.45) is 0. The number of carbonyl (C=O) groups excluding carboxylic acids is 1. The van der Waals surface area contributed by atoms with Crippen LogP contribution in [-0.2, 0) is 4.79 Å². The van der Waals surface area contributed by atoms with Gasteiger partial charge in [0.15, 0.2) is 0 Å². The van der Waals surface area contributed by atoms with E-state index in [1.165, 1.54) is 0 Å². The first-order valence-electron chi connectivity index (χ1n) is 8.06. The quantitative estimate of drug-likeness (QED) is 0.436. The molecule has 0 unspecified atom stereocenters. The maximum Gasteiger partial charge on any atom is 0.258 e. The van der Waals surface area contributed by atoms with Gasteiger partial charge in [0.1, 0.15) is 0 Å². The molecular formula is C21H17N3O. The molecule has 0 radical (unpaired) electrons. The zero-order valence-corrected chi connectivity index (χ0v) is 13.5. The van der Waals surface area contributed by atoms with Crippen molar-refractivity contribution in [2.45, 2.75) is 0 Å². The molecule has 0 fully saturated rings. The van der Waals surface area contributed by atoms with Crippen molar-refractivity contribution in [2.24, 2.45) is 5.84 Å². The highest BCUT2D eigenvalue weighted by molar-refractivity contribution is 6.37. The lowest BCUT2D eigenvalue weighted by Crippen LogP contribution is -2.30. The second kappa shape index (κ2) is 6.26. The molecule has 1 amide bonds. The monoisotopic (exact) mass is 327 g/mol. The van der Waals surface area contributed by atoms with Gasteiger partial charge in [-0.15, -0.1) is 0 Å². The summed E-state index contributed by atoms with van der Waals surface area (Å²) in [4.78, 5) is 12.7. The number of amides is 1. The highest BCUT2D eigenvalue weighted by Crippen LogP contribution is 2.38. The molecule has 0 saturated carbocycles. The molecule has 25 heavy (non-hydrogen) atoms. The van der Waals surface area contributed by atoms with E-state index in [1.807, 2.05) is 84.9 Å². The third-order valence-corrected chi connectivity index (χ3v) is 4.23. The number of para-hydroxylation sites is 2. The maximum atomic E-state index is 12.7. The van der Waals surface area contributed by atoms with Crippen molar-refractivity contribution >= 4 is 28.6 Å². The fourth-order valence-electron chi connectivity index (χ4n) is 3.07. The summed E-state index contributed by atoms with van der Waals surface area (Å²) in [5.74, 6) is 6.32. The number of nitrogens with one attached hydrogen (secondary N) is 1. The number of rotatable bonds is 3. The zero-order valence-electron chi connectivity index (χ0n) is 13.5. The predicted octanol–water partition coefficient (Wildman–Crippen LogP) is 3.89. The number of carbonyl (C=O) groups is 1. The third-order valence-electron chi connectivity index (χ3n) is 4.23. The molecule has 0 saturated heterocycles. The normalized spacial score (nSPS) is 14.7. The van der Waals surface area contributed by atoms with Crippen LogP contribution < -0.4 is 16.2 Å². The van der Waals surface area contributed by atoms with E-state index < -0.39 is 0 Å². The van der Waals surface area contributed by atoms with Gasteiger partial charge in [-0.2, -0.15) is 0 Å². The first-order chi connectivity index (χ1) is 12.3. The van der Waals surface area contributed by atoms with Crippen molar-refractivity contribution < 1.29 is 4.79 Å².